The lowest BCUT2D eigenvalue weighted by atomic mass is 9.97. The molecule has 1 N–H and O–H groups in total. The van der Waals surface area contributed by atoms with Gasteiger partial charge in [-0.1, -0.05) is 12.1 Å². The lowest BCUT2D eigenvalue weighted by molar-refractivity contribution is -0.126. The SMILES string of the molecule is COC(=O)c1ccc(CN2CCc3nnc(CCNC(=O)C4CCCN(C)C4)n3CC2)cc1. The van der Waals surface area contributed by atoms with Crippen LogP contribution in [0.15, 0.2) is 24.3 Å². The fraction of sp³-hybridized carbons (Fsp3) is 0.583. The van der Waals surface area contributed by atoms with Gasteiger partial charge in [0.05, 0.1) is 18.6 Å². The lowest BCUT2D eigenvalue weighted by Crippen LogP contribution is -2.42. The first-order valence-electron chi connectivity index (χ1n) is 11.8. The van der Waals surface area contributed by atoms with Gasteiger partial charge in [-0.25, -0.2) is 4.79 Å². The standard InChI is InChI=1S/C24H34N6O3/c1-28-12-3-4-20(17-28)23(31)25-11-9-21-26-27-22-10-13-29(14-15-30(21)22)16-18-5-7-19(8-6-18)24(32)33-2/h5-8,20H,3-4,9-17H2,1-2H3,(H,25,31). The first-order valence-corrected chi connectivity index (χ1v) is 11.8. The molecule has 33 heavy (non-hydrogen) atoms. The lowest BCUT2D eigenvalue weighted by Gasteiger charge is -2.28. The number of nitrogens with one attached hydrogen (secondary N) is 1. The molecular formula is C24H34N6O3. The summed E-state index contributed by atoms with van der Waals surface area (Å²) < 4.78 is 6.98. The van der Waals surface area contributed by atoms with E-state index in [0.29, 0.717) is 18.5 Å². The summed E-state index contributed by atoms with van der Waals surface area (Å²) >= 11 is 0. The third kappa shape index (κ3) is 5.97. The van der Waals surface area contributed by atoms with E-state index in [0.717, 1.165) is 75.7 Å². The van der Waals surface area contributed by atoms with Gasteiger partial charge >= 0.3 is 5.97 Å². The first kappa shape index (κ1) is 23.4. The van der Waals surface area contributed by atoms with Crippen LogP contribution < -0.4 is 5.32 Å². The molecule has 1 aromatic heterocycles. The van der Waals surface area contributed by atoms with Crippen LogP contribution in [0.2, 0.25) is 0 Å². The summed E-state index contributed by atoms with van der Waals surface area (Å²) in [6.45, 7) is 5.97. The number of aromatic nitrogens is 3. The molecule has 0 spiro atoms. The molecule has 0 radical (unpaired) electrons. The van der Waals surface area contributed by atoms with E-state index >= 15 is 0 Å². The van der Waals surface area contributed by atoms with Crippen LogP contribution in [0, 0.1) is 5.92 Å². The quantitative estimate of drug-likeness (QED) is 0.627. The smallest absolute Gasteiger partial charge is 0.337 e. The van der Waals surface area contributed by atoms with Crippen molar-refractivity contribution in [3.8, 4) is 0 Å². The minimum Gasteiger partial charge on any atom is -0.465 e. The third-order valence-corrected chi connectivity index (χ3v) is 6.62. The zero-order chi connectivity index (χ0) is 23.2. The first-order chi connectivity index (χ1) is 16.0. The molecule has 9 heteroatoms. The van der Waals surface area contributed by atoms with Gasteiger partial charge in [-0.05, 0) is 44.1 Å². The highest BCUT2D eigenvalue weighted by atomic mass is 16.5. The molecular weight excluding hydrogens is 420 g/mol. The van der Waals surface area contributed by atoms with Crippen LogP contribution in [0.25, 0.3) is 0 Å². The molecule has 178 valence electrons. The maximum absolute atomic E-state index is 12.5. The molecule has 1 saturated heterocycles. The minimum atomic E-state index is -0.316. The highest BCUT2D eigenvalue weighted by Gasteiger charge is 2.24. The summed E-state index contributed by atoms with van der Waals surface area (Å²) in [6.07, 6.45) is 3.58. The zero-order valence-electron chi connectivity index (χ0n) is 19.6. The van der Waals surface area contributed by atoms with Gasteiger partial charge in [-0.2, -0.15) is 0 Å². The molecule has 4 rings (SSSR count). The Morgan fingerprint density at radius 2 is 1.94 bits per heavy atom. The van der Waals surface area contributed by atoms with Gasteiger partial charge in [0.2, 0.25) is 5.91 Å². The van der Waals surface area contributed by atoms with E-state index in [-0.39, 0.29) is 17.8 Å². The Hall–Kier alpha value is -2.78. The van der Waals surface area contributed by atoms with E-state index in [4.69, 9.17) is 4.74 Å². The summed E-state index contributed by atoms with van der Waals surface area (Å²) in [4.78, 5) is 28.7. The van der Waals surface area contributed by atoms with Crippen molar-refractivity contribution in [3.63, 3.8) is 0 Å². The van der Waals surface area contributed by atoms with E-state index in [1.165, 1.54) is 7.11 Å². The highest BCUT2D eigenvalue weighted by Crippen LogP contribution is 2.16. The van der Waals surface area contributed by atoms with Gasteiger partial charge in [0.1, 0.15) is 11.6 Å². The fourth-order valence-corrected chi connectivity index (χ4v) is 4.71. The number of benzene rings is 1. The number of fused-ring (bicyclic) bond motifs is 1. The maximum atomic E-state index is 12.5. The highest BCUT2D eigenvalue weighted by molar-refractivity contribution is 5.89. The van der Waals surface area contributed by atoms with Crippen molar-refractivity contribution in [2.24, 2.45) is 5.92 Å². The monoisotopic (exact) mass is 454 g/mol. The molecule has 0 saturated carbocycles. The van der Waals surface area contributed by atoms with Crippen LogP contribution >= 0.6 is 0 Å². The van der Waals surface area contributed by atoms with Crippen molar-refractivity contribution in [1.29, 1.82) is 0 Å². The predicted octanol–water partition coefficient (Wildman–Crippen LogP) is 1.12. The van der Waals surface area contributed by atoms with E-state index in [1.54, 1.807) is 0 Å². The molecule has 2 aromatic rings. The second-order valence-electron chi connectivity index (χ2n) is 9.04. The normalized spacial score (nSPS) is 19.5. The molecule has 1 aromatic carbocycles. The number of ether oxygens (including phenoxy) is 1. The number of carbonyl (C=O) groups is 2. The average Bonchev–Trinajstić information content (AvgIpc) is 3.10. The molecule has 2 aliphatic heterocycles. The number of nitrogens with zero attached hydrogens (tertiary/aromatic N) is 5. The van der Waals surface area contributed by atoms with Crippen molar-refractivity contribution < 1.29 is 14.3 Å². The van der Waals surface area contributed by atoms with Gasteiger partial charge in [0.15, 0.2) is 0 Å². The van der Waals surface area contributed by atoms with Gasteiger partial charge in [-0.15, -0.1) is 10.2 Å². The summed E-state index contributed by atoms with van der Waals surface area (Å²) in [5.41, 5.74) is 1.73. The third-order valence-electron chi connectivity index (χ3n) is 6.62. The summed E-state index contributed by atoms with van der Waals surface area (Å²) in [6, 6.07) is 7.59. The van der Waals surface area contributed by atoms with E-state index in [9.17, 15) is 9.59 Å². The molecule has 1 fully saturated rings. The minimum absolute atomic E-state index is 0.0921. The van der Waals surface area contributed by atoms with Crippen molar-refractivity contribution in [2.45, 2.75) is 38.8 Å². The van der Waals surface area contributed by atoms with Crippen LogP contribution in [-0.2, 0) is 35.5 Å². The number of carbonyl (C=O) groups excluding carboxylic acids is 2. The van der Waals surface area contributed by atoms with Crippen LogP contribution in [-0.4, -0.2) is 83.3 Å². The number of rotatable bonds is 7. The summed E-state index contributed by atoms with van der Waals surface area (Å²) in [5, 5.41) is 11.9. The van der Waals surface area contributed by atoms with Crippen LogP contribution in [0.4, 0.5) is 0 Å². The number of esters is 1. The number of amides is 1. The van der Waals surface area contributed by atoms with Crippen LogP contribution in [0.3, 0.4) is 0 Å². The maximum Gasteiger partial charge on any atom is 0.337 e. The number of hydrogen-bond donors (Lipinski definition) is 1. The Morgan fingerprint density at radius 3 is 2.70 bits per heavy atom. The number of likely N-dealkylation sites (tertiary alicyclic amines) is 1. The number of hydrogen-bond acceptors (Lipinski definition) is 7. The summed E-state index contributed by atoms with van der Waals surface area (Å²) in [7, 11) is 3.47. The molecule has 2 aliphatic rings. The van der Waals surface area contributed by atoms with E-state index in [2.05, 4.69) is 36.9 Å². The van der Waals surface area contributed by atoms with Crippen LogP contribution in [0.5, 0.6) is 0 Å². The van der Waals surface area contributed by atoms with Crippen molar-refractivity contribution in [3.05, 3.63) is 47.0 Å². The number of piperidine rings is 1. The van der Waals surface area contributed by atoms with E-state index < -0.39 is 0 Å². The van der Waals surface area contributed by atoms with E-state index in [1.807, 2.05) is 24.3 Å². The zero-order valence-corrected chi connectivity index (χ0v) is 19.6. The number of methoxy groups -OCH3 is 1. The summed E-state index contributed by atoms with van der Waals surface area (Å²) in [5.74, 6) is 1.88. The molecule has 1 unspecified atom stereocenters. The molecule has 0 bridgehead atoms. The molecule has 0 aliphatic carbocycles. The molecule has 1 atom stereocenters. The Labute approximate surface area is 195 Å². The largest absolute Gasteiger partial charge is 0.465 e. The molecule has 9 nitrogen and oxygen atoms in total. The molecule has 3 heterocycles. The molecule has 1 amide bonds. The second kappa shape index (κ2) is 10.9. The van der Waals surface area contributed by atoms with Crippen molar-refractivity contribution in [2.75, 3.05) is 46.9 Å². The topological polar surface area (TPSA) is 92.6 Å². The van der Waals surface area contributed by atoms with Gasteiger partial charge in [0, 0.05) is 52.1 Å². The Bertz CT molecular complexity index is 958. The van der Waals surface area contributed by atoms with Crippen molar-refractivity contribution >= 4 is 11.9 Å². The predicted molar refractivity (Wildman–Crippen MR) is 124 cm³/mol. The fourth-order valence-electron chi connectivity index (χ4n) is 4.71. The Balaban J connectivity index is 1.27. The van der Waals surface area contributed by atoms with Crippen molar-refractivity contribution in [1.82, 2.24) is 29.9 Å². The Morgan fingerprint density at radius 1 is 1.12 bits per heavy atom. The van der Waals surface area contributed by atoms with Gasteiger partial charge in [0.25, 0.3) is 0 Å². The van der Waals surface area contributed by atoms with Crippen LogP contribution in [0.1, 0.15) is 40.4 Å². The van der Waals surface area contributed by atoms with Gasteiger partial charge < -0.3 is 19.5 Å². The Kier molecular flexibility index (Phi) is 7.72. The second-order valence-corrected chi connectivity index (χ2v) is 9.04. The average molecular weight is 455 g/mol. The van der Waals surface area contributed by atoms with Gasteiger partial charge in [-0.3, -0.25) is 9.69 Å².